The van der Waals surface area contributed by atoms with Crippen molar-refractivity contribution in [2.75, 3.05) is 0 Å². The molecular weight excluding hydrogens is 330 g/mol. The van der Waals surface area contributed by atoms with E-state index in [4.69, 9.17) is 4.42 Å². The van der Waals surface area contributed by atoms with Crippen LogP contribution in [-0.2, 0) is 6.42 Å². The smallest absolute Gasteiger partial charge is 0.277 e. The quantitative estimate of drug-likeness (QED) is 0.478. The minimum atomic E-state index is 0.413. The van der Waals surface area contributed by atoms with Gasteiger partial charge in [0.05, 0.1) is 5.56 Å². The Balaban J connectivity index is 1.43. The number of aromatic nitrogens is 3. The van der Waals surface area contributed by atoms with Crippen molar-refractivity contribution in [2.45, 2.75) is 30.2 Å². The predicted octanol–water partition coefficient (Wildman–Crippen LogP) is 5.33. The Morgan fingerprint density at radius 1 is 1.04 bits per heavy atom. The fraction of sp³-hybridized carbons (Fsp3) is 0.200. The van der Waals surface area contributed by atoms with Crippen molar-refractivity contribution in [3.63, 3.8) is 0 Å². The van der Waals surface area contributed by atoms with E-state index in [9.17, 15) is 0 Å². The summed E-state index contributed by atoms with van der Waals surface area (Å²) in [5.74, 6) is 0.565. The molecule has 1 unspecified atom stereocenters. The molecule has 0 aliphatic heterocycles. The Morgan fingerprint density at radius 3 is 2.72 bits per heavy atom. The lowest BCUT2D eigenvalue weighted by atomic mass is 10.1. The van der Waals surface area contributed by atoms with Crippen LogP contribution in [0, 0.1) is 0 Å². The zero-order valence-corrected chi connectivity index (χ0v) is 14.8. The van der Waals surface area contributed by atoms with Crippen molar-refractivity contribution >= 4 is 22.7 Å². The second kappa shape index (κ2) is 7.15. The maximum atomic E-state index is 5.88. The van der Waals surface area contributed by atoms with Gasteiger partial charge in [-0.3, -0.25) is 0 Å². The van der Waals surface area contributed by atoms with Gasteiger partial charge in [0.15, 0.2) is 0 Å². The Hall–Kier alpha value is -2.53. The summed E-state index contributed by atoms with van der Waals surface area (Å²) in [6.07, 6.45) is 4.05. The Bertz CT molecular complexity index is 961. The number of rotatable bonds is 6. The highest BCUT2D eigenvalue weighted by atomic mass is 32.2. The fourth-order valence-corrected chi connectivity index (χ4v) is 3.66. The third kappa shape index (κ3) is 3.61. The number of H-pyrrole nitrogens is 1. The van der Waals surface area contributed by atoms with E-state index >= 15 is 0 Å². The molecule has 4 rings (SSSR count). The number of thioether (sulfide) groups is 1. The summed E-state index contributed by atoms with van der Waals surface area (Å²) in [5.41, 5.74) is 3.38. The summed E-state index contributed by atoms with van der Waals surface area (Å²) in [4.78, 5) is 3.24. The molecule has 0 spiro atoms. The topological polar surface area (TPSA) is 54.7 Å². The Labute approximate surface area is 150 Å². The van der Waals surface area contributed by atoms with Crippen LogP contribution in [0.5, 0.6) is 0 Å². The summed E-state index contributed by atoms with van der Waals surface area (Å²) in [5, 5.41) is 10.6. The standard InChI is InChI=1S/C20H19N3OS/c1-14(11-12-15-7-3-2-4-8-15)25-20-23-22-19(24-20)17-13-21-18-10-6-5-9-16(17)18/h2-10,13-14,21H,11-12H2,1H3. The van der Waals surface area contributed by atoms with Gasteiger partial charge in [-0.1, -0.05) is 67.2 Å². The largest absolute Gasteiger partial charge is 0.411 e. The first-order chi connectivity index (χ1) is 12.3. The van der Waals surface area contributed by atoms with E-state index < -0.39 is 0 Å². The van der Waals surface area contributed by atoms with Crippen LogP contribution >= 0.6 is 11.8 Å². The van der Waals surface area contributed by atoms with Crippen LogP contribution in [0.2, 0.25) is 0 Å². The second-order valence-corrected chi connectivity index (χ2v) is 7.46. The molecule has 0 saturated carbocycles. The van der Waals surface area contributed by atoms with Crippen molar-refractivity contribution in [3.8, 4) is 11.5 Å². The molecule has 2 heterocycles. The SMILES string of the molecule is CC(CCc1ccccc1)Sc1nnc(-c2c[nH]c3ccccc23)o1. The fourth-order valence-electron chi connectivity index (χ4n) is 2.86. The summed E-state index contributed by atoms with van der Waals surface area (Å²) in [6.45, 7) is 2.20. The molecule has 4 nitrogen and oxygen atoms in total. The van der Waals surface area contributed by atoms with E-state index in [2.05, 4.69) is 52.4 Å². The van der Waals surface area contributed by atoms with E-state index in [0.717, 1.165) is 29.3 Å². The first kappa shape index (κ1) is 16.0. The van der Waals surface area contributed by atoms with Gasteiger partial charge in [-0.05, 0) is 24.5 Å². The summed E-state index contributed by atoms with van der Waals surface area (Å²) >= 11 is 1.64. The van der Waals surface area contributed by atoms with Crippen LogP contribution in [0.15, 0.2) is 70.4 Å². The van der Waals surface area contributed by atoms with Crippen molar-refractivity contribution in [3.05, 3.63) is 66.4 Å². The highest BCUT2D eigenvalue weighted by Crippen LogP contribution is 2.31. The first-order valence-electron chi connectivity index (χ1n) is 8.40. The molecule has 25 heavy (non-hydrogen) atoms. The van der Waals surface area contributed by atoms with Crippen LogP contribution in [-0.4, -0.2) is 20.4 Å². The molecule has 2 aromatic carbocycles. The molecule has 0 saturated heterocycles. The number of fused-ring (bicyclic) bond motifs is 1. The first-order valence-corrected chi connectivity index (χ1v) is 9.28. The summed E-state index contributed by atoms with van der Waals surface area (Å²) < 4.78 is 5.88. The monoisotopic (exact) mass is 349 g/mol. The molecular formula is C20H19N3OS. The minimum Gasteiger partial charge on any atom is -0.411 e. The van der Waals surface area contributed by atoms with Crippen LogP contribution in [0.1, 0.15) is 18.9 Å². The second-order valence-electron chi connectivity index (χ2n) is 6.07. The van der Waals surface area contributed by atoms with Gasteiger partial charge >= 0.3 is 0 Å². The van der Waals surface area contributed by atoms with E-state index in [1.165, 1.54) is 5.56 Å². The van der Waals surface area contributed by atoms with Crippen LogP contribution in [0.3, 0.4) is 0 Å². The average Bonchev–Trinajstić information content (AvgIpc) is 3.27. The molecule has 0 radical (unpaired) electrons. The van der Waals surface area contributed by atoms with Crippen molar-refractivity contribution in [1.82, 2.24) is 15.2 Å². The lowest BCUT2D eigenvalue weighted by molar-refractivity contribution is 0.465. The van der Waals surface area contributed by atoms with E-state index in [1.54, 1.807) is 11.8 Å². The lowest BCUT2D eigenvalue weighted by Gasteiger charge is -2.07. The third-order valence-corrected chi connectivity index (χ3v) is 5.22. The third-order valence-electron chi connectivity index (χ3n) is 4.21. The van der Waals surface area contributed by atoms with Gasteiger partial charge in [-0.2, -0.15) is 0 Å². The van der Waals surface area contributed by atoms with E-state index in [0.29, 0.717) is 16.4 Å². The normalized spacial score (nSPS) is 12.5. The number of nitrogens with zero attached hydrogens (tertiary/aromatic N) is 2. The zero-order chi connectivity index (χ0) is 17.1. The number of hydrogen-bond donors (Lipinski definition) is 1. The lowest BCUT2D eigenvalue weighted by Crippen LogP contribution is -1.98. The van der Waals surface area contributed by atoms with Crippen molar-refractivity contribution in [2.24, 2.45) is 0 Å². The van der Waals surface area contributed by atoms with E-state index in [-0.39, 0.29) is 0 Å². The average molecular weight is 349 g/mol. The number of aryl methyl sites for hydroxylation is 1. The number of nitrogens with one attached hydrogen (secondary N) is 1. The summed E-state index contributed by atoms with van der Waals surface area (Å²) in [6, 6.07) is 18.7. The van der Waals surface area contributed by atoms with Gasteiger partial charge in [0.25, 0.3) is 11.1 Å². The van der Waals surface area contributed by atoms with Crippen molar-refractivity contribution < 1.29 is 4.42 Å². The number of hydrogen-bond acceptors (Lipinski definition) is 4. The Kier molecular flexibility index (Phi) is 4.57. The predicted molar refractivity (Wildman–Crippen MR) is 102 cm³/mol. The van der Waals surface area contributed by atoms with Crippen LogP contribution in [0.4, 0.5) is 0 Å². The molecule has 0 bridgehead atoms. The minimum absolute atomic E-state index is 0.413. The van der Waals surface area contributed by atoms with Crippen LogP contribution in [0.25, 0.3) is 22.4 Å². The van der Waals surface area contributed by atoms with Gasteiger partial charge in [0.2, 0.25) is 0 Å². The van der Waals surface area contributed by atoms with Gasteiger partial charge < -0.3 is 9.40 Å². The molecule has 126 valence electrons. The van der Waals surface area contributed by atoms with Crippen LogP contribution < -0.4 is 0 Å². The van der Waals surface area contributed by atoms with Gasteiger partial charge in [-0.25, -0.2) is 0 Å². The molecule has 0 amide bonds. The van der Waals surface area contributed by atoms with Gasteiger partial charge in [0.1, 0.15) is 0 Å². The molecule has 5 heteroatoms. The van der Waals surface area contributed by atoms with E-state index in [1.807, 2.05) is 30.5 Å². The molecule has 0 fully saturated rings. The maximum absolute atomic E-state index is 5.88. The highest BCUT2D eigenvalue weighted by molar-refractivity contribution is 7.99. The molecule has 2 aromatic heterocycles. The maximum Gasteiger partial charge on any atom is 0.277 e. The number of aromatic amines is 1. The Morgan fingerprint density at radius 2 is 1.84 bits per heavy atom. The van der Waals surface area contributed by atoms with Crippen molar-refractivity contribution in [1.29, 1.82) is 0 Å². The molecule has 1 atom stereocenters. The number of benzene rings is 2. The molecule has 4 aromatic rings. The molecule has 1 N–H and O–H groups in total. The van der Waals surface area contributed by atoms with Gasteiger partial charge in [-0.15, -0.1) is 10.2 Å². The molecule has 0 aliphatic carbocycles. The zero-order valence-electron chi connectivity index (χ0n) is 14.0. The number of para-hydroxylation sites is 1. The summed E-state index contributed by atoms with van der Waals surface area (Å²) in [7, 11) is 0. The molecule has 0 aliphatic rings. The van der Waals surface area contributed by atoms with Gasteiger partial charge in [0, 0.05) is 22.3 Å². The highest BCUT2D eigenvalue weighted by Gasteiger charge is 2.15.